The van der Waals surface area contributed by atoms with E-state index >= 15 is 0 Å². The normalized spacial score (nSPS) is 12.5. The second kappa shape index (κ2) is 7.72. The van der Waals surface area contributed by atoms with E-state index in [0.717, 1.165) is 6.54 Å². The SMILES string of the molecule is CNCCn1cc(S(=O)(=O)N(C)CCOC(C)C)cn1. The Labute approximate surface area is 121 Å². The van der Waals surface area contributed by atoms with E-state index < -0.39 is 10.0 Å². The smallest absolute Gasteiger partial charge is 0.246 e. The van der Waals surface area contributed by atoms with E-state index in [-0.39, 0.29) is 11.0 Å². The third-order valence-electron chi connectivity index (χ3n) is 2.77. The van der Waals surface area contributed by atoms with Crippen molar-refractivity contribution >= 4 is 10.0 Å². The van der Waals surface area contributed by atoms with E-state index in [0.29, 0.717) is 19.7 Å². The third-order valence-corrected chi connectivity index (χ3v) is 4.58. The van der Waals surface area contributed by atoms with Crippen LogP contribution >= 0.6 is 0 Å². The molecule has 1 aromatic rings. The number of hydrogen-bond acceptors (Lipinski definition) is 5. The maximum atomic E-state index is 12.3. The molecule has 0 saturated heterocycles. The summed E-state index contributed by atoms with van der Waals surface area (Å²) in [6, 6.07) is 0. The van der Waals surface area contributed by atoms with Gasteiger partial charge in [-0.15, -0.1) is 0 Å². The highest BCUT2D eigenvalue weighted by molar-refractivity contribution is 7.89. The minimum atomic E-state index is -3.49. The minimum Gasteiger partial charge on any atom is -0.377 e. The van der Waals surface area contributed by atoms with Crippen molar-refractivity contribution in [1.82, 2.24) is 19.4 Å². The Morgan fingerprint density at radius 2 is 2.20 bits per heavy atom. The first kappa shape index (κ1) is 17.1. The molecule has 1 aromatic heterocycles. The molecule has 1 heterocycles. The fourth-order valence-electron chi connectivity index (χ4n) is 1.54. The summed E-state index contributed by atoms with van der Waals surface area (Å²) in [5.41, 5.74) is 0. The summed E-state index contributed by atoms with van der Waals surface area (Å²) in [5, 5.41) is 7.04. The second-order valence-electron chi connectivity index (χ2n) is 4.79. The third kappa shape index (κ3) is 4.86. The molecule has 1 rings (SSSR count). The zero-order chi connectivity index (χ0) is 15.2. The topological polar surface area (TPSA) is 76.5 Å². The van der Waals surface area contributed by atoms with Crippen LogP contribution < -0.4 is 5.32 Å². The van der Waals surface area contributed by atoms with Crippen molar-refractivity contribution in [2.45, 2.75) is 31.4 Å². The van der Waals surface area contributed by atoms with Crippen LogP contribution in [0.2, 0.25) is 0 Å². The molecule has 0 unspecified atom stereocenters. The van der Waals surface area contributed by atoms with E-state index in [1.54, 1.807) is 17.9 Å². The molecule has 0 amide bonds. The molecule has 0 spiro atoms. The quantitative estimate of drug-likeness (QED) is 0.703. The summed E-state index contributed by atoms with van der Waals surface area (Å²) in [4.78, 5) is 0.209. The fourth-order valence-corrected chi connectivity index (χ4v) is 2.65. The predicted octanol–water partition coefficient (Wildman–Crippen LogP) is 0.148. The Morgan fingerprint density at radius 1 is 1.50 bits per heavy atom. The molecule has 0 aliphatic heterocycles. The largest absolute Gasteiger partial charge is 0.377 e. The van der Waals surface area contributed by atoms with Crippen molar-refractivity contribution in [2.75, 3.05) is 33.8 Å². The maximum absolute atomic E-state index is 12.3. The first-order valence-corrected chi connectivity index (χ1v) is 8.07. The van der Waals surface area contributed by atoms with E-state index in [1.807, 2.05) is 20.9 Å². The summed E-state index contributed by atoms with van der Waals surface area (Å²) < 4.78 is 32.9. The van der Waals surface area contributed by atoms with E-state index in [4.69, 9.17) is 4.74 Å². The Balaban J connectivity index is 2.64. The molecule has 0 radical (unpaired) electrons. The van der Waals surface area contributed by atoms with Crippen molar-refractivity contribution in [3.63, 3.8) is 0 Å². The average molecular weight is 304 g/mol. The van der Waals surface area contributed by atoms with Crippen molar-refractivity contribution in [1.29, 1.82) is 0 Å². The highest BCUT2D eigenvalue weighted by Gasteiger charge is 2.22. The van der Waals surface area contributed by atoms with Crippen LogP contribution in [0.3, 0.4) is 0 Å². The number of rotatable bonds is 9. The molecule has 0 aromatic carbocycles. The summed E-state index contributed by atoms with van der Waals surface area (Å²) >= 11 is 0. The van der Waals surface area contributed by atoms with E-state index in [9.17, 15) is 8.42 Å². The summed E-state index contributed by atoms with van der Waals surface area (Å²) in [6.45, 7) is 5.90. The van der Waals surface area contributed by atoms with Gasteiger partial charge in [0.15, 0.2) is 0 Å². The first-order valence-electron chi connectivity index (χ1n) is 6.63. The lowest BCUT2D eigenvalue weighted by atomic mass is 10.5. The van der Waals surface area contributed by atoms with Crippen LogP contribution in [0.4, 0.5) is 0 Å². The van der Waals surface area contributed by atoms with Crippen molar-refractivity contribution in [2.24, 2.45) is 0 Å². The summed E-state index contributed by atoms with van der Waals surface area (Å²) in [5.74, 6) is 0. The standard InChI is InChI=1S/C12H24N4O3S/c1-11(2)19-8-7-15(4)20(17,18)12-9-14-16(10-12)6-5-13-3/h9-11,13H,5-8H2,1-4H3. The van der Waals surface area contributed by atoms with Gasteiger partial charge < -0.3 is 10.1 Å². The first-order chi connectivity index (χ1) is 9.37. The van der Waals surface area contributed by atoms with Crippen molar-refractivity contribution in [3.8, 4) is 0 Å². The molecular formula is C12H24N4O3S. The number of sulfonamides is 1. The fraction of sp³-hybridized carbons (Fsp3) is 0.750. The molecule has 20 heavy (non-hydrogen) atoms. The van der Waals surface area contributed by atoms with Crippen LogP contribution in [0.5, 0.6) is 0 Å². The highest BCUT2D eigenvalue weighted by atomic mass is 32.2. The summed E-state index contributed by atoms with van der Waals surface area (Å²) in [6.07, 6.45) is 3.02. The van der Waals surface area contributed by atoms with Crippen LogP contribution in [-0.4, -0.2) is 62.4 Å². The van der Waals surface area contributed by atoms with Gasteiger partial charge in [0.05, 0.1) is 25.5 Å². The van der Waals surface area contributed by atoms with Gasteiger partial charge in [0, 0.05) is 26.3 Å². The molecule has 116 valence electrons. The molecule has 7 nitrogen and oxygen atoms in total. The number of hydrogen-bond donors (Lipinski definition) is 1. The maximum Gasteiger partial charge on any atom is 0.246 e. The van der Waals surface area contributed by atoms with Crippen LogP contribution in [0.1, 0.15) is 13.8 Å². The monoisotopic (exact) mass is 304 g/mol. The molecule has 0 aliphatic carbocycles. The molecule has 0 saturated carbocycles. The Morgan fingerprint density at radius 3 is 2.80 bits per heavy atom. The number of nitrogens with zero attached hydrogens (tertiary/aromatic N) is 3. The van der Waals surface area contributed by atoms with E-state index in [2.05, 4.69) is 10.4 Å². The molecule has 0 bridgehead atoms. The highest BCUT2D eigenvalue weighted by Crippen LogP contribution is 2.12. The van der Waals surface area contributed by atoms with Gasteiger partial charge in [-0.1, -0.05) is 0 Å². The number of aromatic nitrogens is 2. The average Bonchev–Trinajstić information content (AvgIpc) is 2.85. The Kier molecular flexibility index (Phi) is 6.60. The van der Waals surface area contributed by atoms with Gasteiger partial charge in [0.2, 0.25) is 10.0 Å². The van der Waals surface area contributed by atoms with Crippen molar-refractivity contribution in [3.05, 3.63) is 12.4 Å². The zero-order valence-corrected chi connectivity index (χ0v) is 13.4. The van der Waals surface area contributed by atoms with Crippen LogP contribution in [-0.2, 0) is 21.3 Å². The van der Waals surface area contributed by atoms with Gasteiger partial charge in [-0.2, -0.15) is 9.40 Å². The van der Waals surface area contributed by atoms with Gasteiger partial charge in [0.1, 0.15) is 4.90 Å². The number of likely N-dealkylation sites (N-methyl/N-ethyl adjacent to an activating group) is 2. The predicted molar refractivity (Wildman–Crippen MR) is 77.1 cm³/mol. The Hall–Kier alpha value is -0.960. The number of ether oxygens (including phenoxy) is 1. The van der Waals surface area contributed by atoms with Crippen LogP contribution in [0.25, 0.3) is 0 Å². The molecule has 0 aliphatic rings. The lowest BCUT2D eigenvalue weighted by Crippen LogP contribution is -2.30. The second-order valence-corrected chi connectivity index (χ2v) is 6.83. The Bertz CT molecular complexity index is 499. The molecule has 8 heteroatoms. The number of nitrogens with one attached hydrogen (secondary N) is 1. The van der Waals surface area contributed by atoms with Crippen LogP contribution in [0.15, 0.2) is 17.3 Å². The zero-order valence-electron chi connectivity index (χ0n) is 12.5. The van der Waals surface area contributed by atoms with E-state index in [1.165, 1.54) is 10.5 Å². The van der Waals surface area contributed by atoms with Gasteiger partial charge in [0.25, 0.3) is 0 Å². The van der Waals surface area contributed by atoms with Gasteiger partial charge in [-0.3, -0.25) is 4.68 Å². The molecule has 1 N–H and O–H groups in total. The molecule has 0 fully saturated rings. The van der Waals surface area contributed by atoms with Crippen LogP contribution in [0, 0.1) is 0 Å². The molecule has 0 atom stereocenters. The van der Waals surface area contributed by atoms with Gasteiger partial charge >= 0.3 is 0 Å². The lowest BCUT2D eigenvalue weighted by Gasteiger charge is -2.16. The molecular weight excluding hydrogens is 280 g/mol. The van der Waals surface area contributed by atoms with Gasteiger partial charge in [-0.25, -0.2) is 8.42 Å². The minimum absolute atomic E-state index is 0.0930. The van der Waals surface area contributed by atoms with Gasteiger partial charge in [-0.05, 0) is 20.9 Å². The lowest BCUT2D eigenvalue weighted by molar-refractivity contribution is 0.0737. The summed E-state index contributed by atoms with van der Waals surface area (Å²) in [7, 11) is -0.109. The van der Waals surface area contributed by atoms with Crippen molar-refractivity contribution < 1.29 is 13.2 Å².